The smallest absolute Gasteiger partial charge is 0.257 e. The third kappa shape index (κ3) is 3.88. The van der Waals surface area contributed by atoms with E-state index in [0.29, 0.717) is 33.7 Å². The SMILES string of the molecule is O=C(Nc1nnc(C2CC(=O)N(c3ccc(Cl)cc3)C2)s1)c1ccc(F)cc1. The molecule has 28 heavy (non-hydrogen) atoms. The molecule has 1 saturated heterocycles. The van der Waals surface area contributed by atoms with Gasteiger partial charge in [0.15, 0.2) is 0 Å². The normalized spacial score (nSPS) is 16.4. The van der Waals surface area contributed by atoms with Gasteiger partial charge < -0.3 is 4.90 Å². The molecule has 0 spiro atoms. The number of anilines is 2. The Balaban J connectivity index is 1.44. The number of nitrogens with zero attached hydrogens (tertiary/aromatic N) is 3. The van der Waals surface area contributed by atoms with E-state index in [2.05, 4.69) is 15.5 Å². The lowest BCUT2D eigenvalue weighted by atomic mass is 10.1. The summed E-state index contributed by atoms with van der Waals surface area (Å²) < 4.78 is 13.0. The Bertz CT molecular complexity index is 1020. The minimum absolute atomic E-state index is 0.000537. The predicted octanol–water partition coefficient (Wildman–Crippen LogP) is 4.10. The van der Waals surface area contributed by atoms with Crippen molar-refractivity contribution < 1.29 is 14.0 Å². The molecule has 0 bridgehead atoms. The highest BCUT2D eigenvalue weighted by Gasteiger charge is 2.34. The quantitative estimate of drug-likeness (QED) is 0.694. The minimum Gasteiger partial charge on any atom is -0.312 e. The molecule has 6 nitrogen and oxygen atoms in total. The van der Waals surface area contributed by atoms with Crippen molar-refractivity contribution in [1.82, 2.24) is 10.2 Å². The number of rotatable bonds is 4. The van der Waals surface area contributed by atoms with Crippen molar-refractivity contribution in [2.45, 2.75) is 12.3 Å². The van der Waals surface area contributed by atoms with Gasteiger partial charge in [-0.05, 0) is 48.5 Å². The van der Waals surface area contributed by atoms with Crippen LogP contribution in [0.4, 0.5) is 15.2 Å². The summed E-state index contributed by atoms with van der Waals surface area (Å²) in [4.78, 5) is 26.3. The van der Waals surface area contributed by atoms with Gasteiger partial charge in [-0.1, -0.05) is 22.9 Å². The van der Waals surface area contributed by atoms with Crippen LogP contribution in [-0.4, -0.2) is 28.6 Å². The molecule has 9 heteroatoms. The summed E-state index contributed by atoms with van der Waals surface area (Å²) in [5.41, 5.74) is 1.11. The van der Waals surface area contributed by atoms with Crippen molar-refractivity contribution in [1.29, 1.82) is 0 Å². The molecule has 2 heterocycles. The maximum absolute atomic E-state index is 13.0. The maximum atomic E-state index is 13.0. The Labute approximate surface area is 169 Å². The highest BCUT2D eigenvalue weighted by molar-refractivity contribution is 7.15. The topological polar surface area (TPSA) is 75.2 Å². The molecule has 142 valence electrons. The van der Waals surface area contributed by atoms with E-state index in [1.165, 1.54) is 35.6 Å². The number of halogens is 2. The summed E-state index contributed by atoms with van der Waals surface area (Å²) in [6, 6.07) is 12.3. The van der Waals surface area contributed by atoms with E-state index < -0.39 is 11.7 Å². The van der Waals surface area contributed by atoms with E-state index in [4.69, 9.17) is 11.6 Å². The van der Waals surface area contributed by atoms with Gasteiger partial charge in [0.1, 0.15) is 10.8 Å². The Hall–Kier alpha value is -2.84. The molecule has 1 N–H and O–H groups in total. The Kier molecular flexibility index (Phi) is 5.06. The molecule has 1 atom stereocenters. The van der Waals surface area contributed by atoms with Gasteiger partial charge >= 0.3 is 0 Å². The van der Waals surface area contributed by atoms with Crippen molar-refractivity contribution in [2.24, 2.45) is 0 Å². The predicted molar refractivity (Wildman–Crippen MR) is 105 cm³/mol. The first-order valence-corrected chi connectivity index (χ1v) is 9.65. The molecule has 0 saturated carbocycles. The molecule has 3 aromatic rings. The lowest BCUT2D eigenvalue weighted by Crippen LogP contribution is -2.24. The summed E-state index contributed by atoms with van der Waals surface area (Å²) in [5.74, 6) is -0.907. The van der Waals surface area contributed by atoms with Crippen molar-refractivity contribution in [3.05, 3.63) is 69.9 Å². The number of aromatic nitrogens is 2. The van der Waals surface area contributed by atoms with Crippen LogP contribution < -0.4 is 10.2 Å². The number of nitrogens with one attached hydrogen (secondary N) is 1. The van der Waals surface area contributed by atoms with Crippen LogP contribution in [-0.2, 0) is 4.79 Å². The number of amides is 2. The van der Waals surface area contributed by atoms with Gasteiger partial charge in [0, 0.05) is 35.2 Å². The molecule has 1 fully saturated rings. The van der Waals surface area contributed by atoms with Crippen molar-refractivity contribution in [3.63, 3.8) is 0 Å². The van der Waals surface area contributed by atoms with E-state index >= 15 is 0 Å². The largest absolute Gasteiger partial charge is 0.312 e. The second kappa shape index (κ2) is 7.65. The molecule has 1 unspecified atom stereocenters. The fourth-order valence-corrected chi connectivity index (χ4v) is 3.92. The van der Waals surface area contributed by atoms with E-state index in [1.807, 2.05) is 0 Å². The first kappa shape index (κ1) is 18.5. The second-order valence-electron chi connectivity index (χ2n) is 6.29. The van der Waals surface area contributed by atoms with Crippen molar-refractivity contribution in [2.75, 3.05) is 16.8 Å². The second-order valence-corrected chi connectivity index (χ2v) is 7.73. The number of carbonyl (C=O) groups excluding carboxylic acids is 2. The van der Waals surface area contributed by atoms with Gasteiger partial charge in [0.05, 0.1) is 0 Å². The number of carbonyl (C=O) groups is 2. The lowest BCUT2D eigenvalue weighted by molar-refractivity contribution is -0.117. The van der Waals surface area contributed by atoms with Crippen molar-refractivity contribution >= 4 is 45.6 Å². The molecule has 1 aromatic heterocycles. The molecular formula is C19H14ClFN4O2S. The summed E-state index contributed by atoms with van der Waals surface area (Å²) >= 11 is 7.13. The number of hydrogen-bond acceptors (Lipinski definition) is 5. The molecule has 4 rings (SSSR count). The van der Waals surface area contributed by atoms with Crippen LogP contribution in [0, 0.1) is 5.82 Å². The highest BCUT2D eigenvalue weighted by Crippen LogP contribution is 2.34. The average Bonchev–Trinajstić information content (AvgIpc) is 3.29. The van der Waals surface area contributed by atoms with Gasteiger partial charge in [-0.3, -0.25) is 14.9 Å². The minimum atomic E-state index is -0.411. The molecule has 0 radical (unpaired) electrons. The first-order valence-electron chi connectivity index (χ1n) is 8.46. The molecule has 2 aromatic carbocycles. The fraction of sp³-hybridized carbons (Fsp3) is 0.158. The van der Waals surface area contributed by atoms with Gasteiger partial charge in [0.25, 0.3) is 5.91 Å². The summed E-state index contributed by atoms with van der Waals surface area (Å²) in [7, 11) is 0. The highest BCUT2D eigenvalue weighted by atomic mass is 35.5. The van der Waals surface area contributed by atoms with Crippen LogP contribution in [0.5, 0.6) is 0 Å². The number of benzene rings is 2. The van der Waals surface area contributed by atoms with Gasteiger partial charge in [-0.15, -0.1) is 10.2 Å². The van der Waals surface area contributed by atoms with Gasteiger partial charge in [-0.2, -0.15) is 0 Å². The Morgan fingerprint density at radius 3 is 2.57 bits per heavy atom. The van der Waals surface area contributed by atoms with Crippen LogP contribution in [0.3, 0.4) is 0 Å². The van der Waals surface area contributed by atoms with E-state index in [-0.39, 0.29) is 11.8 Å². The van der Waals surface area contributed by atoms with Crippen LogP contribution in [0.25, 0.3) is 0 Å². The van der Waals surface area contributed by atoms with E-state index in [9.17, 15) is 14.0 Å². The lowest BCUT2D eigenvalue weighted by Gasteiger charge is -2.16. The van der Waals surface area contributed by atoms with Gasteiger partial charge in [-0.25, -0.2) is 4.39 Å². The zero-order valence-electron chi connectivity index (χ0n) is 14.4. The Morgan fingerprint density at radius 2 is 1.86 bits per heavy atom. The monoisotopic (exact) mass is 416 g/mol. The fourth-order valence-electron chi connectivity index (χ4n) is 2.96. The third-order valence-electron chi connectivity index (χ3n) is 4.38. The van der Waals surface area contributed by atoms with Crippen LogP contribution in [0.15, 0.2) is 48.5 Å². The summed E-state index contributed by atoms with van der Waals surface area (Å²) in [6.07, 6.45) is 0.323. The van der Waals surface area contributed by atoms with Crippen molar-refractivity contribution in [3.8, 4) is 0 Å². The zero-order chi connectivity index (χ0) is 19.7. The summed E-state index contributed by atoms with van der Waals surface area (Å²) in [5, 5.41) is 12.4. The molecule has 1 aliphatic heterocycles. The number of hydrogen-bond donors (Lipinski definition) is 1. The van der Waals surface area contributed by atoms with E-state index in [1.54, 1.807) is 29.2 Å². The molecule has 0 aliphatic carbocycles. The summed E-state index contributed by atoms with van der Waals surface area (Å²) in [6.45, 7) is 0.487. The molecule has 2 amide bonds. The Morgan fingerprint density at radius 1 is 1.14 bits per heavy atom. The van der Waals surface area contributed by atoms with Crippen LogP contribution in [0.1, 0.15) is 27.7 Å². The van der Waals surface area contributed by atoms with E-state index in [0.717, 1.165) is 5.69 Å². The molecule has 1 aliphatic rings. The molecular weight excluding hydrogens is 403 g/mol. The average molecular weight is 417 g/mol. The standard InChI is InChI=1S/C19H14ClFN4O2S/c20-13-3-7-15(8-4-13)25-10-12(9-16(25)26)18-23-24-19(28-18)22-17(27)11-1-5-14(21)6-2-11/h1-8,12H,9-10H2,(H,22,24,27). The first-order chi connectivity index (χ1) is 13.5. The van der Waals surface area contributed by atoms with Crippen LogP contribution in [0.2, 0.25) is 5.02 Å². The third-order valence-corrected chi connectivity index (χ3v) is 5.63. The van der Waals surface area contributed by atoms with Gasteiger partial charge in [0.2, 0.25) is 11.0 Å². The zero-order valence-corrected chi connectivity index (χ0v) is 16.0. The van der Waals surface area contributed by atoms with Crippen LogP contribution >= 0.6 is 22.9 Å². The maximum Gasteiger partial charge on any atom is 0.257 e.